The molecule has 5 rings (SSSR count). The summed E-state index contributed by atoms with van der Waals surface area (Å²) in [5.41, 5.74) is 6.90. The van der Waals surface area contributed by atoms with Gasteiger partial charge >= 0.3 is 0 Å². The van der Waals surface area contributed by atoms with Crippen LogP contribution in [0.5, 0.6) is 0 Å². The Labute approximate surface area is 307 Å². The molecule has 1 radical (unpaired) electrons. The van der Waals surface area contributed by atoms with Gasteiger partial charge in [-0.1, -0.05) is 97.5 Å². The molecular formula is C43H53IrN2O3-. The predicted octanol–water partition coefficient (Wildman–Crippen LogP) is 11.9. The topological polar surface area (TPSA) is 76.2 Å². The molecule has 0 fully saturated rings. The van der Waals surface area contributed by atoms with E-state index in [1.165, 1.54) is 17.0 Å². The third-order valence-corrected chi connectivity index (χ3v) is 9.03. The Balaban J connectivity index is 0.000000347. The third kappa shape index (κ3) is 10.2. The van der Waals surface area contributed by atoms with Crippen LogP contribution >= 0.6 is 0 Å². The third-order valence-electron chi connectivity index (χ3n) is 9.03. The second-order valence-corrected chi connectivity index (χ2v) is 14.2. The fourth-order valence-corrected chi connectivity index (χ4v) is 6.14. The SMILES string of the molecule is CC(C)Cc1cc2nc(-c3ccnc(-c4[c-]c5ccccc5c(C(C)(C)C)c4)c3)ccc2o1.CCC(CC)C(=O)/C=C(\O)C(CC)CC.[Ir]. The smallest absolute Gasteiger partial charge is 0.162 e. The van der Waals surface area contributed by atoms with Gasteiger partial charge in [0.25, 0.3) is 0 Å². The van der Waals surface area contributed by atoms with Crippen molar-refractivity contribution in [3.63, 3.8) is 0 Å². The standard InChI is InChI=1S/C30H29N2O.C13H24O2.Ir/c1-19(2)14-23-18-28-29(33-23)11-10-26(32-28)21-12-13-31-27(17-21)22-15-20-8-6-7-9-24(20)25(16-22)30(3,4)5;1-5-10(6-2)12(14)9-13(15)11(7-3)8-4;/h6-13,16-19H,14H2,1-5H3;9-11,14H,5-8H2,1-4H3;/q-1;;/b;12-9-;. The van der Waals surface area contributed by atoms with Crippen molar-refractivity contribution in [2.45, 2.75) is 99.8 Å². The van der Waals surface area contributed by atoms with Crippen molar-refractivity contribution in [1.29, 1.82) is 0 Å². The Kier molecular flexibility index (Phi) is 14.5. The second-order valence-electron chi connectivity index (χ2n) is 14.2. The van der Waals surface area contributed by atoms with Crippen LogP contribution in [0.15, 0.2) is 83.1 Å². The van der Waals surface area contributed by atoms with E-state index in [-0.39, 0.29) is 48.9 Å². The van der Waals surface area contributed by atoms with Crippen LogP contribution in [0.25, 0.3) is 44.4 Å². The summed E-state index contributed by atoms with van der Waals surface area (Å²) in [6.45, 7) is 19.2. The molecule has 0 bridgehead atoms. The first kappa shape index (κ1) is 39.8. The molecule has 1 N–H and O–H groups in total. The molecule has 263 valence electrons. The van der Waals surface area contributed by atoms with Gasteiger partial charge in [0.2, 0.25) is 0 Å². The van der Waals surface area contributed by atoms with Gasteiger partial charge in [0, 0.05) is 62.4 Å². The number of rotatable bonds is 11. The number of ketones is 1. The molecule has 0 aliphatic heterocycles. The number of carbonyl (C=O) groups excluding carboxylic acids is 1. The van der Waals surface area contributed by atoms with Crippen molar-refractivity contribution in [2.24, 2.45) is 17.8 Å². The molecule has 0 saturated carbocycles. The minimum Gasteiger partial charge on any atom is -0.512 e. The number of hydrogen-bond acceptors (Lipinski definition) is 5. The van der Waals surface area contributed by atoms with Gasteiger partial charge in [-0.15, -0.1) is 29.1 Å². The van der Waals surface area contributed by atoms with E-state index in [0.717, 1.165) is 76.9 Å². The van der Waals surface area contributed by atoms with Crippen molar-refractivity contribution < 1.29 is 34.4 Å². The van der Waals surface area contributed by atoms with Gasteiger partial charge in [-0.2, -0.15) is 0 Å². The molecule has 0 aliphatic carbocycles. The summed E-state index contributed by atoms with van der Waals surface area (Å²) >= 11 is 0. The molecular weight excluding hydrogens is 785 g/mol. The second kappa shape index (κ2) is 17.9. The number of aliphatic hydroxyl groups excluding tert-OH is 1. The average Bonchev–Trinajstić information content (AvgIpc) is 3.46. The van der Waals surface area contributed by atoms with E-state index in [9.17, 15) is 9.90 Å². The van der Waals surface area contributed by atoms with Crippen molar-refractivity contribution in [2.75, 3.05) is 0 Å². The average molecular weight is 838 g/mol. The maximum atomic E-state index is 11.7. The quantitative estimate of drug-likeness (QED) is 0.0815. The van der Waals surface area contributed by atoms with Crippen LogP contribution < -0.4 is 0 Å². The molecule has 49 heavy (non-hydrogen) atoms. The number of aromatic nitrogens is 2. The van der Waals surface area contributed by atoms with E-state index in [2.05, 4.69) is 88.1 Å². The molecule has 5 aromatic rings. The van der Waals surface area contributed by atoms with Gasteiger partial charge in [0.05, 0.1) is 11.5 Å². The first-order chi connectivity index (χ1) is 22.9. The molecule has 3 aromatic heterocycles. The summed E-state index contributed by atoms with van der Waals surface area (Å²) in [7, 11) is 0. The van der Waals surface area contributed by atoms with E-state index in [4.69, 9.17) is 9.40 Å². The maximum absolute atomic E-state index is 11.7. The van der Waals surface area contributed by atoms with E-state index < -0.39 is 0 Å². The Morgan fingerprint density at radius 2 is 1.57 bits per heavy atom. The first-order valence-electron chi connectivity index (χ1n) is 17.6. The van der Waals surface area contributed by atoms with E-state index in [1.807, 2.05) is 52.1 Å². The first-order valence-corrected chi connectivity index (χ1v) is 17.6. The Hall–Kier alpha value is -3.60. The minimum atomic E-state index is 0. The van der Waals surface area contributed by atoms with E-state index in [1.54, 1.807) is 0 Å². The largest absolute Gasteiger partial charge is 0.512 e. The van der Waals surface area contributed by atoms with Crippen LogP contribution in [0.2, 0.25) is 0 Å². The molecule has 0 amide bonds. The number of aliphatic hydroxyl groups is 1. The van der Waals surface area contributed by atoms with Crippen molar-refractivity contribution in [1.82, 2.24) is 9.97 Å². The van der Waals surface area contributed by atoms with Gasteiger partial charge in [0.15, 0.2) is 11.4 Å². The summed E-state index contributed by atoms with van der Waals surface area (Å²) in [5, 5.41) is 12.1. The monoisotopic (exact) mass is 838 g/mol. The molecule has 0 unspecified atom stereocenters. The fraction of sp³-hybridized carbons (Fsp3) is 0.419. The van der Waals surface area contributed by atoms with Gasteiger partial charge < -0.3 is 9.52 Å². The Morgan fingerprint density at radius 3 is 2.20 bits per heavy atom. The van der Waals surface area contributed by atoms with Gasteiger partial charge in [-0.05, 0) is 60.8 Å². The number of carbonyl (C=O) groups is 1. The number of pyridine rings is 2. The van der Waals surface area contributed by atoms with Crippen LogP contribution in [0.3, 0.4) is 0 Å². The summed E-state index contributed by atoms with van der Waals surface area (Å²) in [4.78, 5) is 21.3. The summed E-state index contributed by atoms with van der Waals surface area (Å²) in [6, 6.07) is 24.5. The Morgan fingerprint density at radius 1 is 0.898 bits per heavy atom. The van der Waals surface area contributed by atoms with Crippen molar-refractivity contribution >= 4 is 27.7 Å². The molecule has 0 aliphatic rings. The van der Waals surface area contributed by atoms with E-state index in [0.29, 0.717) is 5.92 Å². The maximum Gasteiger partial charge on any atom is 0.162 e. The van der Waals surface area contributed by atoms with E-state index >= 15 is 0 Å². The number of nitrogens with zero attached hydrogens (tertiary/aromatic N) is 2. The molecule has 5 nitrogen and oxygen atoms in total. The van der Waals surface area contributed by atoms with Gasteiger partial charge in [-0.3, -0.25) is 9.78 Å². The molecule has 3 heterocycles. The van der Waals surface area contributed by atoms with Gasteiger partial charge in [-0.25, -0.2) is 4.98 Å². The zero-order valence-corrected chi connectivity index (χ0v) is 33.1. The number of allylic oxidation sites excluding steroid dienone is 2. The fourth-order valence-electron chi connectivity index (χ4n) is 6.14. The predicted molar refractivity (Wildman–Crippen MR) is 200 cm³/mol. The van der Waals surface area contributed by atoms with Crippen LogP contribution in [-0.4, -0.2) is 20.9 Å². The molecule has 2 aromatic carbocycles. The van der Waals surface area contributed by atoms with Crippen molar-refractivity contribution in [3.8, 4) is 22.5 Å². The molecule has 6 heteroatoms. The van der Waals surface area contributed by atoms with Gasteiger partial charge in [0.1, 0.15) is 11.3 Å². The molecule has 0 spiro atoms. The van der Waals surface area contributed by atoms with Crippen LogP contribution in [0, 0.1) is 23.8 Å². The van der Waals surface area contributed by atoms with Crippen molar-refractivity contribution in [3.05, 3.63) is 96.1 Å². The summed E-state index contributed by atoms with van der Waals surface area (Å²) in [5.74, 6) is 2.08. The van der Waals surface area contributed by atoms with Crippen LogP contribution in [0.1, 0.15) is 99.3 Å². The normalized spacial score (nSPS) is 12.0. The van der Waals surface area contributed by atoms with Crippen LogP contribution in [0.4, 0.5) is 0 Å². The minimum absolute atomic E-state index is 0. The summed E-state index contributed by atoms with van der Waals surface area (Å²) < 4.78 is 5.97. The van der Waals surface area contributed by atoms with Crippen LogP contribution in [-0.2, 0) is 36.7 Å². The molecule has 0 saturated heterocycles. The zero-order chi connectivity index (χ0) is 35.0. The number of benzene rings is 2. The number of furan rings is 1. The number of hydrogen-bond donors (Lipinski definition) is 1. The molecule has 0 atom stereocenters. The summed E-state index contributed by atoms with van der Waals surface area (Å²) in [6.07, 6.45) is 7.68. The zero-order valence-electron chi connectivity index (χ0n) is 30.7. The number of fused-ring (bicyclic) bond motifs is 2. The Bertz CT molecular complexity index is 1860.